The molecule has 0 aliphatic carbocycles. The second kappa shape index (κ2) is 4.52. The first kappa shape index (κ1) is 8.75. The van der Waals surface area contributed by atoms with E-state index in [2.05, 4.69) is 39.3 Å². The fraction of sp³-hybridized carbons (Fsp3) is 0.111. The minimum atomic E-state index is 0.919. The molecule has 0 saturated carbocycles. The van der Waals surface area contributed by atoms with Crippen molar-refractivity contribution in [3.63, 3.8) is 0 Å². The Morgan fingerprint density at radius 2 is 2.55 bits per heavy atom. The average molecular weight is 229 g/mol. The van der Waals surface area contributed by atoms with Gasteiger partial charge in [-0.2, -0.15) is 11.3 Å². The molecule has 1 rings (SSSR count). The van der Waals surface area contributed by atoms with Crippen LogP contribution in [0.3, 0.4) is 0 Å². The fourth-order valence-electron chi connectivity index (χ4n) is 0.828. The van der Waals surface area contributed by atoms with Gasteiger partial charge in [0.2, 0.25) is 0 Å². The highest BCUT2D eigenvalue weighted by Crippen LogP contribution is 2.22. The maximum absolute atomic E-state index is 3.70. The van der Waals surface area contributed by atoms with Crippen molar-refractivity contribution in [2.24, 2.45) is 0 Å². The van der Waals surface area contributed by atoms with Gasteiger partial charge >= 0.3 is 0 Å². The molecule has 0 spiro atoms. The lowest BCUT2D eigenvalue weighted by atomic mass is 10.1. The predicted molar refractivity (Wildman–Crippen MR) is 56.0 cm³/mol. The molecule has 11 heavy (non-hydrogen) atoms. The zero-order valence-electron chi connectivity index (χ0n) is 6.09. The van der Waals surface area contributed by atoms with E-state index >= 15 is 0 Å². The van der Waals surface area contributed by atoms with Crippen molar-refractivity contribution in [3.05, 3.63) is 40.0 Å². The van der Waals surface area contributed by atoms with Crippen LogP contribution in [0.1, 0.15) is 12.0 Å². The van der Waals surface area contributed by atoms with Crippen LogP contribution in [0.15, 0.2) is 34.5 Å². The number of halogens is 1. The summed E-state index contributed by atoms with van der Waals surface area (Å²) >= 11 is 5.05. The third-order valence-corrected chi connectivity index (χ3v) is 2.62. The minimum absolute atomic E-state index is 0.919. The maximum Gasteiger partial charge on any atom is -0.00177 e. The van der Waals surface area contributed by atoms with Gasteiger partial charge in [-0.15, -0.1) is 6.58 Å². The van der Waals surface area contributed by atoms with Gasteiger partial charge < -0.3 is 0 Å². The molecule has 0 aliphatic rings. The molecule has 1 heterocycles. The topological polar surface area (TPSA) is 0 Å². The fourth-order valence-corrected chi connectivity index (χ4v) is 1.96. The molecule has 1 aromatic rings. The van der Waals surface area contributed by atoms with Gasteiger partial charge in [0.15, 0.2) is 0 Å². The van der Waals surface area contributed by atoms with Gasteiger partial charge in [-0.25, -0.2) is 0 Å². The van der Waals surface area contributed by atoms with Crippen LogP contribution in [0.4, 0.5) is 0 Å². The van der Waals surface area contributed by atoms with Gasteiger partial charge in [0, 0.05) is 0 Å². The Morgan fingerprint density at radius 3 is 3.00 bits per heavy atom. The van der Waals surface area contributed by atoms with E-state index in [0.29, 0.717) is 0 Å². The largest absolute Gasteiger partial charge is 0.152 e. The SMILES string of the molecule is C=CC/C(=C/Br)c1ccsc1. The quantitative estimate of drug-likeness (QED) is 0.685. The highest BCUT2D eigenvalue weighted by molar-refractivity contribution is 9.11. The molecule has 0 bridgehead atoms. The Balaban J connectivity index is 2.80. The highest BCUT2D eigenvalue weighted by atomic mass is 79.9. The van der Waals surface area contributed by atoms with Gasteiger partial charge in [-0.05, 0) is 39.4 Å². The van der Waals surface area contributed by atoms with Crippen LogP contribution in [-0.4, -0.2) is 0 Å². The second-order valence-electron chi connectivity index (χ2n) is 2.14. The van der Waals surface area contributed by atoms with Crippen molar-refractivity contribution < 1.29 is 0 Å². The number of rotatable bonds is 3. The summed E-state index contributed by atoms with van der Waals surface area (Å²) in [5, 5.41) is 4.21. The summed E-state index contributed by atoms with van der Waals surface area (Å²) in [5.41, 5.74) is 2.56. The van der Waals surface area contributed by atoms with E-state index in [1.807, 2.05) is 11.1 Å². The molecule has 0 nitrogen and oxygen atoms in total. The molecule has 2 heteroatoms. The number of allylic oxidation sites excluding steroid dienone is 2. The van der Waals surface area contributed by atoms with Crippen LogP contribution in [0, 0.1) is 0 Å². The zero-order chi connectivity index (χ0) is 8.10. The van der Waals surface area contributed by atoms with Crippen LogP contribution < -0.4 is 0 Å². The molecular weight excluding hydrogens is 220 g/mol. The van der Waals surface area contributed by atoms with E-state index in [1.165, 1.54) is 11.1 Å². The summed E-state index contributed by atoms with van der Waals surface area (Å²) in [5.74, 6) is 0. The smallest absolute Gasteiger partial charge is 0.00177 e. The molecule has 0 N–H and O–H groups in total. The first-order valence-electron chi connectivity index (χ1n) is 3.31. The summed E-state index contributed by atoms with van der Waals surface area (Å²) < 4.78 is 0. The Labute approximate surface area is 79.4 Å². The van der Waals surface area contributed by atoms with E-state index < -0.39 is 0 Å². The van der Waals surface area contributed by atoms with E-state index in [0.717, 1.165) is 6.42 Å². The third-order valence-electron chi connectivity index (χ3n) is 1.39. The first-order valence-corrected chi connectivity index (χ1v) is 5.17. The van der Waals surface area contributed by atoms with Gasteiger partial charge in [0.05, 0.1) is 0 Å². The van der Waals surface area contributed by atoms with E-state index in [4.69, 9.17) is 0 Å². The summed E-state index contributed by atoms with van der Waals surface area (Å²) in [7, 11) is 0. The van der Waals surface area contributed by atoms with Crippen molar-refractivity contribution in [1.82, 2.24) is 0 Å². The van der Waals surface area contributed by atoms with E-state index in [-0.39, 0.29) is 0 Å². The molecule has 0 unspecified atom stereocenters. The summed E-state index contributed by atoms with van der Waals surface area (Å²) in [6.45, 7) is 3.70. The Kier molecular flexibility index (Phi) is 3.60. The first-order chi connectivity index (χ1) is 5.38. The maximum atomic E-state index is 3.70. The number of hydrogen-bond donors (Lipinski definition) is 0. The lowest BCUT2D eigenvalue weighted by Gasteiger charge is -1.97. The summed E-state index contributed by atoms with van der Waals surface area (Å²) in [6.07, 6.45) is 2.83. The van der Waals surface area contributed by atoms with Crippen molar-refractivity contribution in [2.45, 2.75) is 6.42 Å². The molecule has 0 amide bonds. The van der Waals surface area contributed by atoms with Crippen molar-refractivity contribution >= 4 is 32.8 Å². The molecule has 58 valence electrons. The molecule has 0 aliphatic heterocycles. The molecule has 0 radical (unpaired) electrons. The van der Waals surface area contributed by atoms with Crippen LogP contribution in [-0.2, 0) is 0 Å². The average Bonchev–Trinajstić information content (AvgIpc) is 2.52. The van der Waals surface area contributed by atoms with Gasteiger partial charge in [0.25, 0.3) is 0 Å². The molecular formula is C9H9BrS. The summed E-state index contributed by atoms with van der Waals surface area (Å²) in [6, 6.07) is 2.11. The van der Waals surface area contributed by atoms with Crippen molar-refractivity contribution in [2.75, 3.05) is 0 Å². The summed E-state index contributed by atoms with van der Waals surface area (Å²) in [4.78, 5) is 1.96. The lowest BCUT2D eigenvalue weighted by molar-refractivity contribution is 1.43. The third kappa shape index (κ3) is 2.31. The Bertz CT molecular complexity index is 247. The molecule has 1 aromatic heterocycles. The lowest BCUT2D eigenvalue weighted by Crippen LogP contribution is -1.75. The monoisotopic (exact) mass is 228 g/mol. The second-order valence-corrected chi connectivity index (χ2v) is 3.38. The molecule has 0 atom stereocenters. The van der Waals surface area contributed by atoms with E-state index in [9.17, 15) is 0 Å². The molecule has 0 fully saturated rings. The Hall–Kier alpha value is -0.340. The van der Waals surface area contributed by atoms with Crippen molar-refractivity contribution in [3.8, 4) is 0 Å². The minimum Gasteiger partial charge on any atom is -0.152 e. The van der Waals surface area contributed by atoms with Gasteiger partial charge in [0.1, 0.15) is 0 Å². The molecule has 0 aromatic carbocycles. The van der Waals surface area contributed by atoms with Gasteiger partial charge in [-0.3, -0.25) is 0 Å². The van der Waals surface area contributed by atoms with Crippen LogP contribution in [0.5, 0.6) is 0 Å². The normalized spacial score (nSPS) is 11.5. The molecule has 0 saturated heterocycles. The number of thiophene rings is 1. The van der Waals surface area contributed by atoms with Crippen LogP contribution in [0.25, 0.3) is 5.57 Å². The zero-order valence-corrected chi connectivity index (χ0v) is 8.49. The highest BCUT2D eigenvalue weighted by Gasteiger charge is 1.97. The van der Waals surface area contributed by atoms with E-state index in [1.54, 1.807) is 11.3 Å². The van der Waals surface area contributed by atoms with Crippen LogP contribution in [0.2, 0.25) is 0 Å². The standard InChI is InChI=1S/C9H9BrS/c1-2-3-8(6-10)9-4-5-11-7-9/h2,4-7H,1,3H2/b8-6-. The Morgan fingerprint density at radius 1 is 1.73 bits per heavy atom. The van der Waals surface area contributed by atoms with Crippen LogP contribution >= 0.6 is 27.3 Å². The predicted octanol–water partition coefficient (Wildman–Crippen LogP) is 4.06. The van der Waals surface area contributed by atoms with Gasteiger partial charge in [-0.1, -0.05) is 22.0 Å². The van der Waals surface area contributed by atoms with Crippen molar-refractivity contribution in [1.29, 1.82) is 0 Å². The number of hydrogen-bond acceptors (Lipinski definition) is 1.